The summed E-state index contributed by atoms with van der Waals surface area (Å²) in [5.74, 6) is 2.59. The second-order valence-corrected chi connectivity index (χ2v) is 7.12. The first-order valence-electron chi connectivity index (χ1n) is 8.87. The molecule has 25 heavy (non-hydrogen) atoms. The lowest BCUT2D eigenvalue weighted by molar-refractivity contribution is 0.252. The molecule has 0 radical (unpaired) electrons. The molecule has 130 valence electrons. The molecule has 0 bridgehead atoms. The van der Waals surface area contributed by atoms with Crippen LogP contribution in [0.4, 0.5) is 16.3 Å². The molecule has 0 aromatic carbocycles. The Balaban J connectivity index is 1.27. The van der Waals surface area contributed by atoms with Gasteiger partial charge in [0.1, 0.15) is 11.6 Å². The van der Waals surface area contributed by atoms with E-state index < -0.39 is 0 Å². The summed E-state index contributed by atoms with van der Waals surface area (Å²) in [4.78, 5) is 25.1. The fraction of sp³-hybridized carbons (Fsp3) is 0.529. The highest BCUT2D eigenvalue weighted by Gasteiger charge is 2.33. The summed E-state index contributed by atoms with van der Waals surface area (Å²) >= 11 is 0. The van der Waals surface area contributed by atoms with Gasteiger partial charge in [0.25, 0.3) is 0 Å². The smallest absolute Gasteiger partial charge is 0.322 e. The molecule has 0 unspecified atom stereocenters. The molecule has 2 aromatic heterocycles. The molecule has 2 aliphatic heterocycles. The van der Waals surface area contributed by atoms with Crippen molar-refractivity contribution in [2.24, 2.45) is 0 Å². The Labute approximate surface area is 145 Å². The van der Waals surface area contributed by atoms with Gasteiger partial charge < -0.3 is 10.2 Å². The molecule has 2 aromatic rings. The van der Waals surface area contributed by atoms with Gasteiger partial charge in [0, 0.05) is 50.1 Å². The van der Waals surface area contributed by atoms with E-state index in [2.05, 4.69) is 26.4 Å². The summed E-state index contributed by atoms with van der Waals surface area (Å²) in [6.07, 6.45) is 6.17. The predicted molar refractivity (Wildman–Crippen MR) is 93.0 cm³/mol. The Morgan fingerprint density at radius 2 is 2.08 bits per heavy atom. The Kier molecular flexibility index (Phi) is 3.19. The van der Waals surface area contributed by atoms with Crippen LogP contribution in [0.3, 0.4) is 0 Å². The zero-order valence-electron chi connectivity index (χ0n) is 14.2. The van der Waals surface area contributed by atoms with Crippen molar-refractivity contribution in [1.82, 2.24) is 25.1 Å². The van der Waals surface area contributed by atoms with Gasteiger partial charge in [0.15, 0.2) is 0 Å². The van der Waals surface area contributed by atoms with Crippen LogP contribution in [0.1, 0.15) is 36.3 Å². The highest BCUT2D eigenvalue weighted by atomic mass is 16.2. The summed E-state index contributed by atoms with van der Waals surface area (Å²) in [6, 6.07) is 2.34. The van der Waals surface area contributed by atoms with Crippen LogP contribution >= 0.6 is 0 Å². The largest absolute Gasteiger partial charge is 0.352 e. The average molecular weight is 339 g/mol. The summed E-state index contributed by atoms with van der Waals surface area (Å²) in [6.45, 7) is 5.19. The zero-order chi connectivity index (χ0) is 17.0. The number of anilines is 2. The summed E-state index contributed by atoms with van der Waals surface area (Å²) in [5, 5.41) is 7.27. The Bertz CT molecular complexity index is 822. The number of hydrogen-bond donors (Lipinski definition) is 1. The van der Waals surface area contributed by atoms with Crippen LogP contribution in [0, 0.1) is 6.92 Å². The van der Waals surface area contributed by atoms with Gasteiger partial charge in [-0.1, -0.05) is 0 Å². The van der Waals surface area contributed by atoms with E-state index in [4.69, 9.17) is 4.98 Å². The van der Waals surface area contributed by atoms with Crippen LogP contribution in [0.2, 0.25) is 0 Å². The van der Waals surface area contributed by atoms with Gasteiger partial charge in [-0.15, -0.1) is 0 Å². The summed E-state index contributed by atoms with van der Waals surface area (Å²) < 4.78 is 1.97. The minimum atomic E-state index is -0.0427. The van der Waals surface area contributed by atoms with Crippen LogP contribution in [0.5, 0.6) is 0 Å². The number of rotatable bonds is 4. The van der Waals surface area contributed by atoms with Crippen LogP contribution < -0.4 is 15.1 Å². The SMILES string of the molecule is Cc1cc(N2CC(n3cc(N4CCNC4=O)cn3)C2)nc(C2CC2)n1. The Morgan fingerprint density at radius 1 is 1.24 bits per heavy atom. The van der Waals surface area contributed by atoms with Gasteiger partial charge in [-0.3, -0.25) is 9.58 Å². The van der Waals surface area contributed by atoms with Gasteiger partial charge in [0.2, 0.25) is 0 Å². The molecule has 8 nitrogen and oxygen atoms in total. The molecule has 2 amide bonds. The topological polar surface area (TPSA) is 79.2 Å². The maximum absolute atomic E-state index is 11.8. The fourth-order valence-electron chi connectivity index (χ4n) is 3.46. The molecular weight excluding hydrogens is 318 g/mol. The predicted octanol–water partition coefficient (Wildman–Crippen LogP) is 1.45. The van der Waals surface area contributed by atoms with Gasteiger partial charge in [-0.25, -0.2) is 14.8 Å². The summed E-state index contributed by atoms with van der Waals surface area (Å²) in [5.41, 5.74) is 1.90. The lowest BCUT2D eigenvalue weighted by atomic mass is 10.1. The average Bonchev–Trinajstić information content (AvgIpc) is 3.15. The van der Waals surface area contributed by atoms with Crippen molar-refractivity contribution < 1.29 is 4.79 Å². The molecule has 3 fully saturated rings. The van der Waals surface area contributed by atoms with Crippen molar-refractivity contribution >= 4 is 17.5 Å². The zero-order valence-corrected chi connectivity index (χ0v) is 14.2. The molecule has 0 spiro atoms. The number of aryl methyl sites for hydroxylation is 1. The van der Waals surface area contributed by atoms with Gasteiger partial charge in [-0.05, 0) is 19.8 Å². The third kappa shape index (κ3) is 2.61. The number of aromatic nitrogens is 4. The van der Waals surface area contributed by atoms with Crippen molar-refractivity contribution in [2.45, 2.75) is 31.7 Å². The first kappa shape index (κ1) is 14.7. The lowest BCUT2D eigenvalue weighted by Crippen LogP contribution is -2.48. The fourth-order valence-corrected chi connectivity index (χ4v) is 3.46. The first-order valence-corrected chi connectivity index (χ1v) is 8.87. The maximum atomic E-state index is 11.8. The van der Waals surface area contributed by atoms with Crippen LogP contribution in [0.15, 0.2) is 18.5 Å². The monoisotopic (exact) mass is 339 g/mol. The molecule has 2 saturated heterocycles. The molecule has 5 rings (SSSR count). The van der Waals surface area contributed by atoms with E-state index in [1.807, 2.05) is 17.8 Å². The van der Waals surface area contributed by atoms with Crippen molar-refractivity contribution in [2.75, 3.05) is 36.0 Å². The molecule has 1 N–H and O–H groups in total. The lowest BCUT2D eigenvalue weighted by Gasteiger charge is -2.40. The molecule has 1 aliphatic carbocycles. The van der Waals surface area contributed by atoms with Crippen molar-refractivity contribution in [1.29, 1.82) is 0 Å². The number of nitrogens with one attached hydrogen (secondary N) is 1. The van der Waals surface area contributed by atoms with E-state index >= 15 is 0 Å². The van der Waals surface area contributed by atoms with E-state index in [0.717, 1.165) is 36.1 Å². The minimum Gasteiger partial charge on any atom is -0.352 e. The Hall–Kier alpha value is -2.64. The number of hydrogen-bond acceptors (Lipinski definition) is 5. The van der Waals surface area contributed by atoms with E-state index in [1.165, 1.54) is 12.8 Å². The number of carbonyl (C=O) groups is 1. The summed E-state index contributed by atoms with van der Waals surface area (Å²) in [7, 11) is 0. The number of carbonyl (C=O) groups excluding carboxylic acids is 1. The van der Waals surface area contributed by atoms with Crippen molar-refractivity contribution in [3.8, 4) is 0 Å². The van der Waals surface area contributed by atoms with Crippen LogP contribution in [-0.2, 0) is 0 Å². The minimum absolute atomic E-state index is 0.0427. The van der Waals surface area contributed by atoms with E-state index in [9.17, 15) is 4.79 Å². The molecule has 3 aliphatic rings. The number of urea groups is 1. The molecule has 8 heteroatoms. The molecule has 4 heterocycles. The highest BCUT2D eigenvalue weighted by Crippen LogP contribution is 2.39. The standard InChI is InChI=1S/C17H21N7O/c1-11-6-15(21-16(20-11)12-2-3-12)22-8-14(9-22)24-10-13(7-19-24)23-5-4-18-17(23)25/h6-7,10,12,14H,2-5,8-9H2,1H3,(H,18,25). The quantitative estimate of drug-likeness (QED) is 0.912. The molecule has 0 atom stereocenters. The first-order chi connectivity index (χ1) is 12.2. The number of amides is 2. The maximum Gasteiger partial charge on any atom is 0.322 e. The number of nitrogens with zero attached hydrogens (tertiary/aromatic N) is 6. The van der Waals surface area contributed by atoms with Gasteiger partial charge in [-0.2, -0.15) is 5.10 Å². The molecular formula is C17H21N7O. The van der Waals surface area contributed by atoms with Gasteiger partial charge >= 0.3 is 6.03 Å². The molecule has 1 saturated carbocycles. The second-order valence-electron chi connectivity index (χ2n) is 7.12. The van der Waals surface area contributed by atoms with E-state index in [1.54, 1.807) is 11.1 Å². The van der Waals surface area contributed by atoms with Crippen molar-refractivity contribution in [3.05, 3.63) is 30.0 Å². The normalized spacial score (nSPS) is 20.8. The van der Waals surface area contributed by atoms with E-state index in [0.29, 0.717) is 25.0 Å². The third-order valence-corrected chi connectivity index (χ3v) is 5.12. The second kappa shape index (κ2) is 5.44. The van der Waals surface area contributed by atoms with Crippen LogP contribution in [0.25, 0.3) is 0 Å². The highest BCUT2D eigenvalue weighted by molar-refractivity contribution is 5.93. The Morgan fingerprint density at radius 3 is 2.80 bits per heavy atom. The van der Waals surface area contributed by atoms with Gasteiger partial charge in [0.05, 0.1) is 17.9 Å². The van der Waals surface area contributed by atoms with Crippen molar-refractivity contribution in [3.63, 3.8) is 0 Å². The van der Waals surface area contributed by atoms with Crippen LogP contribution in [-0.4, -0.2) is 52.0 Å². The van der Waals surface area contributed by atoms with E-state index in [-0.39, 0.29) is 6.03 Å². The third-order valence-electron chi connectivity index (χ3n) is 5.12.